The minimum Gasteiger partial charge on any atom is -0.380 e. The summed E-state index contributed by atoms with van der Waals surface area (Å²) in [4.78, 5) is 0. The molecule has 0 spiro atoms. The number of sulfonamides is 1. The van der Waals surface area contributed by atoms with Gasteiger partial charge in [0.15, 0.2) is 0 Å². The number of nitrogens with one attached hydrogen (secondary N) is 2. The number of halogens is 1. The Morgan fingerprint density at radius 2 is 2.10 bits per heavy atom. The van der Waals surface area contributed by atoms with E-state index >= 15 is 0 Å². The fourth-order valence-corrected chi connectivity index (χ4v) is 4.07. The number of rotatable bonds is 4. The van der Waals surface area contributed by atoms with Crippen LogP contribution < -0.4 is 10.0 Å². The largest absolute Gasteiger partial charge is 0.380 e. The van der Waals surface area contributed by atoms with E-state index in [1.165, 1.54) is 11.1 Å². The molecule has 0 amide bonds. The van der Waals surface area contributed by atoms with Crippen molar-refractivity contribution in [1.29, 1.82) is 0 Å². The second-order valence-electron chi connectivity index (χ2n) is 5.41. The standard InChI is InChI=1S/C14H20N2O3S.ClH/c17-20(18,14-2-1-5-19-10-14)16-7-11-3-4-12-8-15-9-13(12)6-11;/h3-4,6,14-16H,1-2,5,7-10H2;1H. The maximum atomic E-state index is 12.2. The summed E-state index contributed by atoms with van der Waals surface area (Å²) in [5.41, 5.74) is 3.58. The molecule has 2 heterocycles. The van der Waals surface area contributed by atoms with Crippen molar-refractivity contribution in [3.8, 4) is 0 Å². The van der Waals surface area contributed by atoms with Crippen molar-refractivity contribution in [1.82, 2.24) is 10.0 Å². The van der Waals surface area contributed by atoms with Gasteiger partial charge in [0, 0.05) is 26.2 Å². The Labute approximate surface area is 131 Å². The third kappa shape index (κ3) is 3.96. The van der Waals surface area contributed by atoms with Gasteiger partial charge >= 0.3 is 0 Å². The monoisotopic (exact) mass is 332 g/mol. The summed E-state index contributed by atoms with van der Waals surface area (Å²) >= 11 is 0. The molecule has 3 rings (SSSR count). The molecule has 1 aromatic rings. The second-order valence-corrected chi connectivity index (χ2v) is 7.46. The van der Waals surface area contributed by atoms with Crippen LogP contribution in [-0.4, -0.2) is 26.9 Å². The Hall–Kier alpha value is -0.660. The van der Waals surface area contributed by atoms with Crippen LogP contribution in [0.1, 0.15) is 29.5 Å². The fraction of sp³-hybridized carbons (Fsp3) is 0.571. The van der Waals surface area contributed by atoms with Crippen molar-refractivity contribution in [2.24, 2.45) is 0 Å². The molecular formula is C14H21ClN2O3S. The summed E-state index contributed by atoms with van der Waals surface area (Å²) < 4.78 is 32.3. The number of hydrogen-bond donors (Lipinski definition) is 2. The van der Waals surface area contributed by atoms with Gasteiger partial charge in [0.05, 0.1) is 11.9 Å². The summed E-state index contributed by atoms with van der Waals surface area (Å²) in [6, 6.07) is 6.14. The summed E-state index contributed by atoms with van der Waals surface area (Å²) in [5.74, 6) is 0. The van der Waals surface area contributed by atoms with Gasteiger partial charge in [-0.2, -0.15) is 0 Å². The van der Waals surface area contributed by atoms with Crippen molar-refractivity contribution in [3.05, 3.63) is 34.9 Å². The van der Waals surface area contributed by atoms with Crippen LogP contribution in [0, 0.1) is 0 Å². The van der Waals surface area contributed by atoms with E-state index in [4.69, 9.17) is 4.74 Å². The summed E-state index contributed by atoms with van der Waals surface area (Å²) in [6.45, 7) is 3.10. The van der Waals surface area contributed by atoms with Gasteiger partial charge in [-0.25, -0.2) is 13.1 Å². The van der Waals surface area contributed by atoms with E-state index in [-0.39, 0.29) is 12.4 Å². The van der Waals surface area contributed by atoms with Crippen molar-refractivity contribution in [3.63, 3.8) is 0 Å². The van der Waals surface area contributed by atoms with Gasteiger partial charge in [0.25, 0.3) is 0 Å². The lowest BCUT2D eigenvalue weighted by atomic mass is 10.1. The Morgan fingerprint density at radius 1 is 1.29 bits per heavy atom. The summed E-state index contributed by atoms with van der Waals surface area (Å²) in [7, 11) is -3.29. The van der Waals surface area contributed by atoms with Crippen molar-refractivity contribution in [2.45, 2.75) is 37.7 Å². The van der Waals surface area contributed by atoms with Gasteiger partial charge in [-0.3, -0.25) is 0 Å². The van der Waals surface area contributed by atoms with Crippen LogP contribution in [0.3, 0.4) is 0 Å². The van der Waals surface area contributed by atoms with E-state index in [0.29, 0.717) is 26.2 Å². The molecule has 2 N–H and O–H groups in total. The lowest BCUT2D eigenvalue weighted by Gasteiger charge is -2.22. The molecular weight excluding hydrogens is 312 g/mol. The molecule has 0 aliphatic carbocycles. The van der Waals surface area contributed by atoms with Crippen molar-refractivity contribution in [2.75, 3.05) is 13.2 Å². The minimum absolute atomic E-state index is 0. The van der Waals surface area contributed by atoms with Gasteiger partial charge < -0.3 is 10.1 Å². The van der Waals surface area contributed by atoms with E-state index in [0.717, 1.165) is 25.1 Å². The van der Waals surface area contributed by atoms with Crippen LogP contribution in [0.2, 0.25) is 0 Å². The Kier molecular flexibility index (Phi) is 5.62. The zero-order valence-corrected chi connectivity index (χ0v) is 13.4. The normalized spacial score (nSPS) is 21.6. The number of hydrogen-bond acceptors (Lipinski definition) is 4. The van der Waals surface area contributed by atoms with E-state index in [2.05, 4.69) is 22.2 Å². The lowest BCUT2D eigenvalue weighted by Crippen LogP contribution is -2.39. The molecule has 2 aliphatic heterocycles. The van der Waals surface area contributed by atoms with Crippen molar-refractivity contribution < 1.29 is 13.2 Å². The first-order valence-electron chi connectivity index (χ1n) is 7.03. The van der Waals surface area contributed by atoms with Gasteiger partial charge in [-0.05, 0) is 29.5 Å². The minimum atomic E-state index is -3.29. The number of ether oxygens (including phenoxy) is 1. The average Bonchev–Trinajstić information content (AvgIpc) is 2.94. The first kappa shape index (κ1) is 16.7. The SMILES string of the molecule is Cl.O=S(=O)(NCc1ccc2c(c1)CNC2)C1CCCOC1. The first-order chi connectivity index (χ1) is 9.65. The van der Waals surface area contributed by atoms with Crippen molar-refractivity contribution >= 4 is 22.4 Å². The predicted octanol–water partition coefficient (Wildman–Crippen LogP) is 1.31. The van der Waals surface area contributed by atoms with E-state index in [1.807, 2.05) is 6.07 Å². The van der Waals surface area contributed by atoms with Crippen LogP contribution in [0.5, 0.6) is 0 Å². The Balaban J connectivity index is 0.00000161. The number of benzene rings is 1. The highest BCUT2D eigenvalue weighted by atomic mass is 35.5. The molecule has 1 unspecified atom stereocenters. The molecule has 0 radical (unpaired) electrons. The van der Waals surface area contributed by atoms with Crippen LogP contribution in [0.15, 0.2) is 18.2 Å². The number of fused-ring (bicyclic) bond motifs is 1. The summed E-state index contributed by atoms with van der Waals surface area (Å²) in [5, 5.41) is 2.87. The predicted molar refractivity (Wildman–Crippen MR) is 83.8 cm³/mol. The van der Waals surface area contributed by atoms with E-state index < -0.39 is 15.3 Å². The Morgan fingerprint density at radius 3 is 2.86 bits per heavy atom. The lowest BCUT2D eigenvalue weighted by molar-refractivity contribution is 0.0988. The summed E-state index contributed by atoms with van der Waals surface area (Å²) in [6.07, 6.45) is 1.50. The fourth-order valence-electron chi connectivity index (χ4n) is 2.72. The quantitative estimate of drug-likeness (QED) is 0.872. The Bertz CT molecular complexity index is 586. The molecule has 0 bridgehead atoms. The molecule has 118 valence electrons. The molecule has 0 saturated carbocycles. The molecule has 1 saturated heterocycles. The maximum Gasteiger partial charge on any atom is 0.217 e. The zero-order chi connectivity index (χ0) is 14.0. The molecule has 7 heteroatoms. The molecule has 1 fully saturated rings. The third-order valence-corrected chi connectivity index (χ3v) is 5.73. The highest BCUT2D eigenvalue weighted by Crippen LogP contribution is 2.18. The average molecular weight is 333 g/mol. The molecule has 1 aromatic carbocycles. The van der Waals surface area contributed by atoms with Crippen LogP contribution in [0.4, 0.5) is 0 Å². The molecule has 21 heavy (non-hydrogen) atoms. The maximum absolute atomic E-state index is 12.2. The van der Waals surface area contributed by atoms with Crippen LogP contribution in [-0.2, 0) is 34.4 Å². The van der Waals surface area contributed by atoms with Crippen LogP contribution >= 0.6 is 12.4 Å². The molecule has 0 aromatic heterocycles. The van der Waals surface area contributed by atoms with Gasteiger partial charge in [-0.1, -0.05) is 18.2 Å². The van der Waals surface area contributed by atoms with Gasteiger partial charge in [-0.15, -0.1) is 12.4 Å². The smallest absolute Gasteiger partial charge is 0.217 e. The second kappa shape index (κ2) is 7.07. The van der Waals surface area contributed by atoms with Gasteiger partial charge in [0.2, 0.25) is 10.0 Å². The van der Waals surface area contributed by atoms with Gasteiger partial charge in [0.1, 0.15) is 0 Å². The van der Waals surface area contributed by atoms with E-state index in [1.54, 1.807) is 0 Å². The molecule has 5 nitrogen and oxygen atoms in total. The highest BCUT2D eigenvalue weighted by molar-refractivity contribution is 7.90. The highest BCUT2D eigenvalue weighted by Gasteiger charge is 2.27. The zero-order valence-electron chi connectivity index (χ0n) is 11.8. The van der Waals surface area contributed by atoms with E-state index in [9.17, 15) is 8.42 Å². The topological polar surface area (TPSA) is 67.4 Å². The molecule has 2 aliphatic rings. The van der Waals surface area contributed by atoms with Crippen LogP contribution in [0.25, 0.3) is 0 Å². The third-order valence-electron chi connectivity index (χ3n) is 3.94. The molecule has 1 atom stereocenters. The first-order valence-corrected chi connectivity index (χ1v) is 8.57.